The van der Waals surface area contributed by atoms with Gasteiger partial charge in [0.2, 0.25) is 0 Å². The van der Waals surface area contributed by atoms with Crippen LogP contribution in [-0.2, 0) is 0 Å². The van der Waals surface area contributed by atoms with Gasteiger partial charge in [-0.25, -0.2) is 4.98 Å². The lowest BCUT2D eigenvalue weighted by atomic mass is 10.0. The molecule has 3 aromatic heterocycles. The number of aromatic nitrogens is 3. The highest BCUT2D eigenvalue weighted by molar-refractivity contribution is 5.95. The summed E-state index contributed by atoms with van der Waals surface area (Å²) >= 11 is 0. The Kier molecular flexibility index (Phi) is 3.54. The number of pyridine rings is 3. The predicted molar refractivity (Wildman–Crippen MR) is 110 cm³/mol. The third-order valence-corrected chi connectivity index (χ3v) is 4.67. The van der Waals surface area contributed by atoms with E-state index in [1.54, 1.807) is 12.4 Å². The maximum atomic E-state index is 6.24. The van der Waals surface area contributed by atoms with Gasteiger partial charge in [-0.2, -0.15) is 0 Å². The first kappa shape index (κ1) is 15.5. The fourth-order valence-electron chi connectivity index (χ4n) is 3.45. The van der Waals surface area contributed by atoms with E-state index in [1.807, 2.05) is 72.8 Å². The second-order valence-corrected chi connectivity index (χ2v) is 6.43. The molecule has 5 aromatic rings. The Morgan fingerprint density at radius 2 is 1.07 bits per heavy atom. The van der Waals surface area contributed by atoms with Gasteiger partial charge in [0, 0.05) is 40.0 Å². The van der Waals surface area contributed by atoms with Crippen molar-refractivity contribution in [1.29, 1.82) is 0 Å². The average Bonchev–Trinajstić information content (AvgIpc) is 2.72. The smallest absolute Gasteiger partial charge is 0.0795 e. The van der Waals surface area contributed by atoms with E-state index in [0.717, 1.165) is 44.3 Å². The predicted octanol–water partition coefficient (Wildman–Crippen LogP) is 5.09. The molecule has 0 saturated heterocycles. The van der Waals surface area contributed by atoms with Gasteiger partial charge in [0.1, 0.15) is 0 Å². The number of nitrogens with zero attached hydrogens (tertiary/aromatic N) is 3. The largest absolute Gasteiger partial charge is 0.399 e. The SMILES string of the molecule is Nc1cc(-c2cccc3cccnc23)nc(-c2cccc3cccnc23)c1. The van der Waals surface area contributed by atoms with Gasteiger partial charge in [0.15, 0.2) is 0 Å². The number of anilines is 1. The van der Waals surface area contributed by atoms with E-state index < -0.39 is 0 Å². The van der Waals surface area contributed by atoms with Crippen LogP contribution in [0.5, 0.6) is 0 Å². The van der Waals surface area contributed by atoms with Gasteiger partial charge in [-0.1, -0.05) is 48.5 Å². The molecule has 0 bridgehead atoms. The second-order valence-electron chi connectivity index (χ2n) is 6.43. The molecule has 0 fully saturated rings. The number of benzene rings is 2. The van der Waals surface area contributed by atoms with Crippen molar-refractivity contribution in [2.75, 3.05) is 5.73 Å². The minimum atomic E-state index is 0.663. The van der Waals surface area contributed by atoms with Crippen molar-refractivity contribution in [2.45, 2.75) is 0 Å². The molecule has 3 heterocycles. The van der Waals surface area contributed by atoms with E-state index in [-0.39, 0.29) is 0 Å². The van der Waals surface area contributed by atoms with Crippen LogP contribution < -0.4 is 5.73 Å². The fraction of sp³-hybridized carbons (Fsp3) is 0. The Balaban J connectivity index is 1.76. The summed E-state index contributed by atoms with van der Waals surface area (Å²) in [5.74, 6) is 0. The molecular weight excluding hydrogens is 332 g/mol. The molecule has 128 valence electrons. The van der Waals surface area contributed by atoms with E-state index in [4.69, 9.17) is 10.7 Å². The molecule has 0 amide bonds. The number of hydrogen-bond acceptors (Lipinski definition) is 4. The molecule has 4 nitrogen and oxygen atoms in total. The monoisotopic (exact) mass is 348 g/mol. The summed E-state index contributed by atoms with van der Waals surface area (Å²) in [6.07, 6.45) is 3.60. The zero-order valence-electron chi connectivity index (χ0n) is 14.5. The fourth-order valence-corrected chi connectivity index (χ4v) is 3.45. The van der Waals surface area contributed by atoms with E-state index in [2.05, 4.69) is 9.97 Å². The first-order valence-electron chi connectivity index (χ1n) is 8.75. The molecule has 0 aliphatic rings. The van der Waals surface area contributed by atoms with Crippen molar-refractivity contribution < 1.29 is 0 Å². The number of nitrogens with two attached hydrogens (primary N) is 1. The van der Waals surface area contributed by atoms with Crippen LogP contribution in [0.25, 0.3) is 44.3 Å². The van der Waals surface area contributed by atoms with Crippen LogP contribution in [0.4, 0.5) is 5.69 Å². The van der Waals surface area contributed by atoms with E-state index in [0.29, 0.717) is 5.69 Å². The molecular formula is C23H16N4. The lowest BCUT2D eigenvalue weighted by molar-refractivity contribution is 1.31. The van der Waals surface area contributed by atoms with Crippen molar-refractivity contribution in [2.24, 2.45) is 0 Å². The molecule has 5 rings (SSSR count). The summed E-state index contributed by atoms with van der Waals surface area (Å²) in [7, 11) is 0. The Bertz CT molecular complexity index is 1190. The highest BCUT2D eigenvalue weighted by Crippen LogP contribution is 2.32. The van der Waals surface area contributed by atoms with Crippen LogP contribution in [0.3, 0.4) is 0 Å². The molecule has 0 aliphatic carbocycles. The van der Waals surface area contributed by atoms with Gasteiger partial charge in [0.25, 0.3) is 0 Å². The minimum Gasteiger partial charge on any atom is -0.399 e. The Morgan fingerprint density at radius 3 is 1.59 bits per heavy atom. The van der Waals surface area contributed by atoms with Crippen molar-refractivity contribution >= 4 is 27.5 Å². The van der Waals surface area contributed by atoms with Gasteiger partial charge >= 0.3 is 0 Å². The Labute approximate surface area is 156 Å². The minimum absolute atomic E-state index is 0.663. The summed E-state index contributed by atoms with van der Waals surface area (Å²) < 4.78 is 0. The van der Waals surface area contributed by atoms with E-state index in [1.165, 1.54) is 0 Å². The lowest BCUT2D eigenvalue weighted by Crippen LogP contribution is -1.95. The van der Waals surface area contributed by atoms with Crippen LogP contribution in [-0.4, -0.2) is 15.0 Å². The quantitative estimate of drug-likeness (QED) is 0.482. The highest BCUT2D eigenvalue weighted by atomic mass is 14.8. The summed E-state index contributed by atoms with van der Waals surface area (Å²) in [4.78, 5) is 14.0. The Morgan fingerprint density at radius 1 is 0.593 bits per heavy atom. The van der Waals surface area contributed by atoms with Crippen LogP contribution >= 0.6 is 0 Å². The van der Waals surface area contributed by atoms with Crippen molar-refractivity contribution in [3.05, 3.63) is 85.2 Å². The lowest BCUT2D eigenvalue weighted by Gasteiger charge is -2.10. The maximum Gasteiger partial charge on any atom is 0.0795 e. The summed E-state index contributed by atoms with van der Waals surface area (Å²) in [6.45, 7) is 0. The molecule has 0 unspecified atom stereocenters. The number of fused-ring (bicyclic) bond motifs is 2. The Hall–Kier alpha value is -3.79. The topological polar surface area (TPSA) is 64.7 Å². The summed E-state index contributed by atoms with van der Waals surface area (Å²) in [5.41, 5.74) is 12.3. The van der Waals surface area contributed by atoms with E-state index >= 15 is 0 Å². The van der Waals surface area contributed by atoms with Crippen molar-refractivity contribution in [1.82, 2.24) is 15.0 Å². The highest BCUT2D eigenvalue weighted by Gasteiger charge is 2.12. The molecule has 0 aliphatic heterocycles. The van der Waals surface area contributed by atoms with E-state index in [9.17, 15) is 0 Å². The first-order valence-corrected chi connectivity index (χ1v) is 8.75. The van der Waals surface area contributed by atoms with Gasteiger partial charge < -0.3 is 5.73 Å². The van der Waals surface area contributed by atoms with Gasteiger partial charge in [-0.15, -0.1) is 0 Å². The number of nitrogen functional groups attached to an aromatic ring is 1. The number of hydrogen-bond donors (Lipinski definition) is 1. The third-order valence-electron chi connectivity index (χ3n) is 4.67. The normalized spacial score (nSPS) is 11.1. The molecule has 4 heteroatoms. The molecule has 27 heavy (non-hydrogen) atoms. The van der Waals surface area contributed by atoms with Crippen LogP contribution in [0.15, 0.2) is 85.2 Å². The molecule has 0 atom stereocenters. The van der Waals surface area contributed by atoms with Crippen LogP contribution in [0.2, 0.25) is 0 Å². The van der Waals surface area contributed by atoms with Gasteiger partial charge in [-0.05, 0) is 24.3 Å². The third kappa shape index (κ3) is 2.68. The summed E-state index contributed by atoms with van der Waals surface area (Å²) in [6, 6.07) is 24.0. The average molecular weight is 348 g/mol. The zero-order chi connectivity index (χ0) is 18.2. The summed E-state index contributed by atoms with van der Waals surface area (Å²) in [5, 5.41) is 2.15. The molecule has 0 saturated carbocycles. The van der Waals surface area contributed by atoms with Gasteiger partial charge in [-0.3, -0.25) is 9.97 Å². The molecule has 0 spiro atoms. The standard InChI is InChI=1S/C23H16N4/c24-17-13-20(18-9-1-5-15-7-3-11-25-22(15)18)27-21(14-17)19-10-2-6-16-8-4-12-26-23(16)19/h1-14H,(H2,24,27). The molecule has 0 radical (unpaired) electrons. The van der Waals surface area contributed by atoms with Gasteiger partial charge in [0.05, 0.1) is 22.4 Å². The molecule has 2 aromatic carbocycles. The van der Waals surface area contributed by atoms with Crippen molar-refractivity contribution in [3.63, 3.8) is 0 Å². The van der Waals surface area contributed by atoms with Crippen LogP contribution in [0.1, 0.15) is 0 Å². The second kappa shape index (κ2) is 6.18. The maximum absolute atomic E-state index is 6.24. The number of rotatable bonds is 2. The van der Waals surface area contributed by atoms with Crippen molar-refractivity contribution in [3.8, 4) is 22.5 Å². The molecule has 2 N–H and O–H groups in total. The zero-order valence-corrected chi connectivity index (χ0v) is 14.5. The number of para-hydroxylation sites is 2. The first-order chi connectivity index (χ1) is 13.3. The van der Waals surface area contributed by atoms with Crippen LogP contribution in [0, 0.1) is 0 Å².